The quantitative estimate of drug-likeness (QED) is 0.381. The van der Waals surface area contributed by atoms with Crippen LogP contribution in [0.1, 0.15) is 11.1 Å². The zero-order valence-electron chi connectivity index (χ0n) is 11.1. The number of aromatic hydroxyl groups is 1. The van der Waals surface area contributed by atoms with E-state index in [0.29, 0.717) is 12.1 Å². The minimum absolute atomic E-state index is 0.00287. The molecule has 0 aliphatic heterocycles. The molecule has 2 rings (SSSR count). The second kappa shape index (κ2) is 5.63. The lowest BCUT2D eigenvalue weighted by molar-refractivity contribution is -0.143. The third-order valence-corrected chi connectivity index (χ3v) is 3.67. The van der Waals surface area contributed by atoms with Crippen molar-refractivity contribution in [2.24, 2.45) is 0 Å². The second-order valence-electron chi connectivity index (χ2n) is 4.69. The Labute approximate surface area is 134 Å². The normalized spacial score (nSPS) is 12.5. The highest BCUT2D eigenvalue weighted by Gasteiger charge is 2.37. The highest BCUT2D eigenvalue weighted by Crippen LogP contribution is 2.41. The molecular formula is C14H8BrF6NO. The van der Waals surface area contributed by atoms with Gasteiger partial charge in [-0.2, -0.15) is 26.3 Å². The summed E-state index contributed by atoms with van der Waals surface area (Å²) in [4.78, 5) is 0. The van der Waals surface area contributed by atoms with Gasteiger partial charge in [-0.1, -0.05) is 15.9 Å². The first-order valence-electron chi connectivity index (χ1n) is 5.97. The average Bonchev–Trinajstić information content (AvgIpc) is 2.40. The molecule has 124 valence electrons. The van der Waals surface area contributed by atoms with Gasteiger partial charge in [0.05, 0.1) is 16.8 Å². The number of phenols is 1. The van der Waals surface area contributed by atoms with Crippen LogP contribution in [-0.2, 0) is 12.4 Å². The van der Waals surface area contributed by atoms with Crippen LogP contribution in [0.15, 0.2) is 34.8 Å². The van der Waals surface area contributed by atoms with Crippen LogP contribution in [0.25, 0.3) is 11.1 Å². The smallest absolute Gasteiger partial charge is 0.416 e. The number of phenolic OH excluding ortho intramolecular Hbond substituents is 1. The summed E-state index contributed by atoms with van der Waals surface area (Å²) in [7, 11) is 0. The fraction of sp³-hybridized carbons (Fsp3) is 0.143. The molecule has 3 N–H and O–H groups in total. The Morgan fingerprint density at radius 2 is 1.30 bits per heavy atom. The maximum Gasteiger partial charge on any atom is 0.416 e. The molecule has 0 unspecified atom stereocenters. The Balaban J connectivity index is 2.74. The van der Waals surface area contributed by atoms with Crippen molar-refractivity contribution >= 4 is 21.6 Å². The molecular weight excluding hydrogens is 392 g/mol. The summed E-state index contributed by atoms with van der Waals surface area (Å²) >= 11 is 2.99. The van der Waals surface area contributed by atoms with Crippen LogP contribution < -0.4 is 5.73 Å². The Morgan fingerprint density at radius 3 is 1.74 bits per heavy atom. The number of anilines is 1. The van der Waals surface area contributed by atoms with Crippen molar-refractivity contribution in [2.45, 2.75) is 12.4 Å². The van der Waals surface area contributed by atoms with Gasteiger partial charge in [0.2, 0.25) is 0 Å². The van der Waals surface area contributed by atoms with Crippen molar-refractivity contribution in [1.29, 1.82) is 0 Å². The average molecular weight is 400 g/mol. The van der Waals surface area contributed by atoms with Crippen LogP contribution in [0.5, 0.6) is 5.75 Å². The lowest BCUT2D eigenvalue weighted by Crippen LogP contribution is -2.11. The van der Waals surface area contributed by atoms with Gasteiger partial charge in [0.1, 0.15) is 5.75 Å². The molecule has 0 heterocycles. The largest absolute Gasteiger partial charge is 0.506 e. The van der Waals surface area contributed by atoms with Gasteiger partial charge in [0.25, 0.3) is 0 Å². The molecule has 9 heteroatoms. The lowest BCUT2D eigenvalue weighted by atomic mass is 9.98. The minimum Gasteiger partial charge on any atom is -0.506 e. The van der Waals surface area contributed by atoms with E-state index >= 15 is 0 Å². The number of nitrogens with two attached hydrogens (primary N) is 1. The van der Waals surface area contributed by atoms with Crippen LogP contribution in [0, 0.1) is 0 Å². The highest BCUT2D eigenvalue weighted by molar-refractivity contribution is 9.10. The molecule has 0 amide bonds. The van der Waals surface area contributed by atoms with Gasteiger partial charge >= 0.3 is 12.4 Å². The van der Waals surface area contributed by atoms with Gasteiger partial charge in [-0.15, -0.1) is 0 Å². The monoisotopic (exact) mass is 399 g/mol. The van der Waals surface area contributed by atoms with Gasteiger partial charge in [0, 0.05) is 4.47 Å². The maximum atomic E-state index is 12.9. The molecule has 0 aliphatic carbocycles. The number of hydrogen-bond donors (Lipinski definition) is 2. The molecule has 0 bridgehead atoms. The third-order valence-electron chi connectivity index (χ3n) is 3.02. The van der Waals surface area contributed by atoms with E-state index in [1.165, 1.54) is 0 Å². The van der Waals surface area contributed by atoms with E-state index in [1.807, 2.05) is 0 Å². The topological polar surface area (TPSA) is 46.2 Å². The first-order chi connectivity index (χ1) is 10.4. The summed E-state index contributed by atoms with van der Waals surface area (Å²) in [5.74, 6) is -0.344. The van der Waals surface area contributed by atoms with Crippen molar-refractivity contribution in [3.8, 4) is 16.9 Å². The molecule has 2 aromatic rings. The summed E-state index contributed by atoms with van der Waals surface area (Å²) in [5, 5.41) is 9.42. The van der Waals surface area contributed by atoms with Crippen molar-refractivity contribution in [1.82, 2.24) is 0 Å². The number of halogens is 7. The molecule has 0 aromatic heterocycles. The van der Waals surface area contributed by atoms with Crippen molar-refractivity contribution in [2.75, 3.05) is 5.73 Å². The minimum atomic E-state index is -4.94. The molecule has 2 nitrogen and oxygen atoms in total. The van der Waals surface area contributed by atoms with Gasteiger partial charge in [0.15, 0.2) is 0 Å². The number of hydrogen-bond acceptors (Lipinski definition) is 2. The Morgan fingerprint density at radius 1 is 0.826 bits per heavy atom. The predicted molar refractivity (Wildman–Crippen MR) is 75.7 cm³/mol. The zero-order chi connectivity index (χ0) is 17.6. The molecule has 0 radical (unpaired) electrons. The molecule has 2 aromatic carbocycles. The fourth-order valence-electron chi connectivity index (χ4n) is 1.91. The van der Waals surface area contributed by atoms with Crippen LogP contribution in [0.3, 0.4) is 0 Å². The number of rotatable bonds is 1. The van der Waals surface area contributed by atoms with Gasteiger partial charge in [-0.3, -0.25) is 0 Å². The van der Waals surface area contributed by atoms with Crippen molar-refractivity contribution in [3.05, 3.63) is 45.9 Å². The van der Waals surface area contributed by atoms with E-state index in [4.69, 9.17) is 5.73 Å². The molecule has 0 aliphatic rings. The SMILES string of the molecule is Nc1cc(-c2cc(C(F)(F)F)cc(C(F)(F)F)c2)c(Br)cc1O. The van der Waals surface area contributed by atoms with E-state index in [2.05, 4.69) is 15.9 Å². The first-order valence-corrected chi connectivity index (χ1v) is 6.76. The van der Waals surface area contributed by atoms with Gasteiger partial charge in [-0.05, 0) is 41.5 Å². The summed E-state index contributed by atoms with van der Waals surface area (Å²) in [5.41, 5.74) is 2.10. The number of nitrogen functional groups attached to an aromatic ring is 1. The summed E-state index contributed by atoms with van der Waals surface area (Å²) in [6.45, 7) is 0. The number of benzene rings is 2. The molecule has 0 atom stereocenters. The Bertz CT molecular complexity index is 722. The zero-order valence-corrected chi connectivity index (χ0v) is 12.6. The lowest BCUT2D eigenvalue weighted by Gasteiger charge is -2.15. The van der Waals surface area contributed by atoms with Crippen LogP contribution in [0.4, 0.5) is 32.0 Å². The van der Waals surface area contributed by atoms with E-state index in [-0.39, 0.29) is 33.1 Å². The molecule has 0 fully saturated rings. The van der Waals surface area contributed by atoms with Crippen LogP contribution >= 0.6 is 15.9 Å². The second-order valence-corrected chi connectivity index (χ2v) is 5.54. The number of alkyl halides is 6. The Hall–Kier alpha value is -1.90. The van der Waals surface area contributed by atoms with Gasteiger partial charge in [-0.25, -0.2) is 0 Å². The summed E-state index contributed by atoms with van der Waals surface area (Å²) in [6.07, 6.45) is -9.88. The third kappa shape index (κ3) is 3.72. The molecule has 0 saturated carbocycles. The summed E-state index contributed by atoms with van der Waals surface area (Å²) in [6, 6.07) is 3.41. The van der Waals surface area contributed by atoms with E-state index in [9.17, 15) is 31.4 Å². The van der Waals surface area contributed by atoms with Crippen molar-refractivity contribution < 1.29 is 31.4 Å². The highest BCUT2D eigenvalue weighted by atomic mass is 79.9. The van der Waals surface area contributed by atoms with E-state index < -0.39 is 23.5 Å². The molecule has 23 heavy (non-hydrogen) atoms. The predicted octanol–water partition coefficient (Wildman–Crippen LogP) is 5.44. The van der Waals surface area contributed by atoms with E-state index in [1.54, 1.807) is 0 Å². The molecule has 0 saturated heterocycles. The van der Waals surface area contributed by atoms with E-state index in [0.717, 1.165) is 12.1 Å². The van der Waals surface area contributed by atoms with Crippen LogP contribution in [-0.4, -0.2) is 5.11 Å². The van der Waals surface area contributed by atoms with Crippen molar-refractivity contribution in [3.63, 3.8) is 0 Å². The Kier molecular flexibility index (Phi) is 4.27. The van der Waals surface area contributed by atoms with Gasteiger partial charge < -0.3 is 10.8 Å². The molecule has 0 spiro atoms. The summed E-state index contributed by atoms with van der Waals surface area (Å²) < 4.78 is 77.2. The van der Waals surface area contributed by atoms with Crippen LogP contribution in [0.2, 0.25) is 0 Å². The maximum absolute atomic E-state index is 12.9. The first kappa shape index (κ1) is 17.5. The fourth-order valence-corrected chi connectivity index (χ4v) is 2.47. The standard InChI is InChI=1S/C14H8BrF6NO/c15-10-5-12(23)11(22)4-9(10)6-1-7(13(16,17)18)3-8(2-6)14(19,20)21/h1-5,23H,22H2.